The highest BCUT2D eigenvalue weighted by Gasteiger charge is 2.11. The minimum Gasteiger partial charge on any atom is -0.369 e. The van der Waals surface area contributed by atoms with E-state index in [1.807, 2.05) is 13.8 Å². The maximum Gasteiger partial charge on any atom is 0.276 e. The Labute approximate surface area is 122 Å². The largest absolute Gasteiger partial charge is 0.369 e. The van der Waals surface area contributed by atoms with Crippen LogP contribution in [0.4, 0.5) is 17.3 Å². The monoisotopic (exact) mass is 296 g/mol. The van der Waals surface area contributed by atoms with Gasteiger partial charge < -0.3 is 16.1 Å². The van der Waals surface area contributed by atoms with Crippen molar-refractivity contribution in [3.8, 4) is 0 Å². The molecule has 5 N–H and O–H groups in total. The van der Waals surface area contributed by atoms with Crippen LogP contribution in [0.3, 0.4) is 0 Å². The number of hydrazine groups is 1. The van der Waals surface area contributed by atoms with E-state index >= 15 is 0 Å². The van der Waals surface area contributed by atoms with Gasteiger partial charge in [-0.3, -0.25) is 14.9 Å². The maximum atomic E-state index is 11.5. The third-order valence-corrected chi connectivity index (χ3v) is 2.53. The molecule has 1 aromatic heterocycles. The fraction of sp³-hybridized carbons (Fsp3) is 0.500. The van der Waals surface area contributed by atoms with E-state index in [4.69, 9.17) is 5.84 Å². The number of carbonyl (C=O) groups excluding carboxylic acids is 1. The number of aromatic nitrogens is 1. The number of pyridine rings is 1. The minimum atomic E-state index is -0.539. The van der Waals surface area contributed by atoms with Crippen LogP contribution < -0.4 is 21.9 Å². The number of anilines is 2. The highest BCUT2D eigenvalue weighted by atomic mass is 16.6. The molecule has 1 rings (SSSR count). The van der Waals surface area contributed by atoms with Crippen molar-refractivity contribution in [3.63, 3.8) is 0 Å². The van der Waals surface area contributed by atoms with Crippen molar-refractivity contribution >= 4 is 23.2 Å². The van der Waals surface area contributed by atoms with Gasteiger partial charge in [-0.25, -0.2) is 10.8 Å². The lowest BCUT2D eigenvalue weighted by molar-refractivity contribution is -0.384. The summed E-state index contributed by atoms with van der Waals surface area (Å²) < 4.78 is 0. The van der Waals surface area contributed by atoms with Crippen molar-refractivity contribution in [2.45, 2.75) is 20.3 Å². The van der Waals surface area contributed by atoms with Crippen LogP contribution >= 0.6 is 0 Å². The first kappa shape index (κ1) is 16.6. The summed E-state index contributed by atoms with van der Waals surface area (Å²) in [6.45, 7) is 4.96. The SMILES string of the molecule is CC(C)CNC(=O)CCNc1cc([N+](=O)[O-])cc(NN)n1. The predicted octanol–water partition coefficient (Wildman–Crippen LogP) is 0.850. The summed E-state index contributed by atoms with van der Waals surface area (Å²) in [6.07, 6.45) is 0.252. The number of hydrogen-bond acceptors (Lipinski definition) is 7. The van der Waals surface area contributed by atoms with Gasteiger partial charge in [0, 0.05) is 19.5 Å². The third kappa shape index (κ3) is 6.04. The Kier molecular flexibility index (Phi) is 6.34. The van der Waals surface area contributed by atoms with Crippen LogP contribution in [-0.2, 0) is 4.79 Å². The summed E-state index contributed by atoms with van der Waals surface area (Å²) >= 11 is 0. The second-order valence-electron chi connectivity index (χ2n) is 4.87. The molecule has 0 unspecified atom stereocenters. The smallest absolute Gasteiger partial charge is 0.276 e. The number of hydrogen-bond donors (Lipinski definition) is 4. The average Bonchev–Trinajstić information content (AvgIpc) is 2.44. The van der Waals surface area contributed by atoms with Gasteiger partial charge in [0.15, 0.2) is 0 Å². The van der Waals surface area contributed by atoms with Gasteiger partial charge >= 0.3 is 0 Å². The molecule has 9 heteroatoms. The number of nitrogens with zero attached hydrogens (tertiary/aromatic N) is 2. The number of nitro groups is 1. The topological polar surface area (TPSA) is 135 Å². The molecule has 0 aliphatic carbocycles. The number of rotatable bonds is 8. The summed E-state index contributed by atoms with van der Waals surface area (Å²) in [5.74, 6) is 5.97. The molecule has 0 saturated heterocycles. The molecule has 1 heterocycles. The molecule has 0 spiro atoms. The molecule has 0 aromatic carbocycles. The van der Waals surface area contributed by atoms with Crippen molar-refractivity contribution in [1.82, 2.24) is 10.3 Å². The minimum absolute atomic E-state index is 0.0844. The summed E-state index contributed by atoms with van der Waals surface area (Å²) in [5.41, 5.74) is 2.13. The van der Waals surface area contributed by atoms with Crippen LogP contribution in [-0.4, -0.2) is 28.9 Å². The highest BCUT2D eigenvalue weighted by Crippen LogP contribution is 2.19. The Morgan fingerprint density at radius 3 is 2.67 bits per heavy atom. The highest BCUT2D eigenvalue weighted by molar-refractivity contribution is 5.76. The lowest BCUT2D eigenvalue weighted by atomic mass is 10.2. The molecule has 0 fully saturated rings. The molecule has 0 aliphatic rings. The first-order valence-corrected chi connectivity index (χ1v) is 6.56. The van der Waals surface area contributed by atoms with Crippen molar-refractivity contribution in [1.29, 1.82) is 0 Å². The van der Waals surface area contributed by atoms with Gasteiger partial charge in [-0.1, -0.05) is 13.8 Å². The van der Waals surface area contributed by atoms with Gasteiger partial charge in [-0.15, -0.1) is 0 Å². The Balaban J connectivity index is 2.53. The van der Waals surface area contributed by atoms with E-state index in [1.165, 1.54) is 12.1 Å². The van der Waals surface area contributed by atoms with E-state index in [9.17, 15) is 14.9 Å². The van der Waals surface area contributed by atoms with Crippen molar-refractivity contribution in [3.05, 3.63) is 22.2 Å². The Morgan fingerprint density at radius 2 is 2.10 bits per heavy atom. The molecule has 0 radical (unpaired) electrons. The zero-order valence-electron chi connectivity index (χ0n) is 12.0. The van der Waals surface area contributed by atoms with Crippen LogP contribution in [0.15, 0.2) is 12.1 Å². The summed E-state index contributed by atoms with van der Waals surface area (Å²) in [4.78, 5) is 25.8. The summed E-state index contributed by atoms with van der Waals surface area (Å²) in [6, 6.07) is 2.51. The number of nitrogen functional groups attached to an aromatic ring is 1. The standard InChI is InChI=1S/C12H20N6O3/c1-8(2)7-15-12(19)3-4-14-10-5-9(18(20)21)6-11(16-10)17-13/h5-6,8H,3-4,7,13H2,1-2H3,(H,15,19)(H2,14,16,17). The Morgan fingerprint density at radius 1 is 1.43 bits per heavy atom. The third-order valence-electron chi connectivity index (χ3n) is 2.53. The molecule has 21 heavy (non-hydrogen) atoms. The number of amides is 1. The zero-order valence-corrected chi connectivity index (χ0v) is 12.0. The summed E-state index contributed by atoms with van der Waals surface area (Å²) in [5, 5.41) is 16.4. The van der Waals surface area contributed by atoms with E-state index in [-0.39, 0.29) is 29.7 Å². The van der Waals surface area contributed by atoms with E-state index < -0.39 is 4.92 Å². The molecule has 0 bridgehead atoms. The summed E-state index contributed by atoms with van der Waals surface area (Å²) in [7, 11) is 0. The molecular weight excluding hydrogens is 276 g/mol. The zero-order chi connectivity index (χ0) is 15.8. The van der Waals surface area contributed by atoms with E-state index in [0.717, 1.165) is 0 Å². The normalized spacial score (nSPS) is 10.3. The Hall–Kier alpha value is -2.42. The first-order valence-electron chi connectivity index (χ1n) is 6.56. The quantitative estimate of drug-likeness (QED) is 0.317. The molecule has 1 aromatic rings. The van der Waals surface area contributed by atoms with Crippen molar-refractivity contribution in [2.24, 2.45) is 11.8 Å². The van der Waals surface area contributed by atoms with Gasteiger partial charge in [0.1, 0.15) is 11.6 Å². The number of nitrogens with one attached hydrogen (secondary N) is 3. The molecular formula is C12H20N6O3. The second-order valence-corrected chi connectivity index (χ2v) is 4.87. The van der Waals surface area contributed by atoms with Gasteiger partial charge in [-0.2, -0.15) is 0 Å². The fourth-order valence-corrected chi connectivity index (χ4v) is 1.50. The van der Waals surface area contributed by atoms with Crippen LogP contribution in [0.25, 0.3) is 0 Å². The van der Waals surface area contributed by atoms with Crippen molar-refractivity contribution < 1.29 is 9.72 Å². The lowest BCUT2D eigenvalue weighted by Crippen LogP contribution is -2.28. The number of nitrogens with two attached hydrogens (primary N) is 1. The van der Waals surface area contributed by atoms with Gasteiger partial charge in [0.25, 0.3) is 5.69 Å². The second kappa shape index (κ2) is 8.00. The average molecular weight is 296 g/mol. The molecule has 116 valence electrons. The predicted molar refractivity (Wildman–Crippen MR) is 79.7 cm³/mol. The van der Waals surface area contributed by atoms with Crippen LogP contribution in [0, 0.1) is 16.0 Å². The van der Waals surface area contributed by atoms with Gasteiger partial charge in [0.05, 0.1) is 17.1 Å². The number of carbonyl (C=O) groups is 1. The fourth-order valence-electron chi connectivity index (χ4n) is 1.50. The first-order chi connectivity index (χ1) is 9.92. The van der Waals surface area contributed by atoms with Gasteiger partial charge in [-0.05, 0) is 5.92 Å². The van der Waals surface area contributed by atoms with Crippen molar-refractivity contribution in [2.75, 3.05) is 23.8 Å². The Bertz CT molecular complexity index is 506. The van der Waals surface area contributed by atoms with E-state index in [1.54, 1.807) is 0 Å². The van der Waals surface area contributed by atoms with Crippen LogP contribution in [0.5, 0.6) is 0 Å². The van der Waals surface area contributed by atoms with E-state index in [2.05, 4.69) is 21.0 Å². The van der Waals surface area contributed by atoms with Crippen LogP contribution in [0.2, 0.25) is 0 Å². The molecule has 9 nitrogen and oxygen atoms in total. The molecule has 0 saturated carbocycles. The molecule has 0 aliphatic heterocycles. The maximum absolute atomic E-state index is 11.5. The lowest BCUT2D eigenvalue weighted by Gasteiger charge is -2.09. The molecule has 0 atom stereocenters. The van der Waals surface area contributed by atoms with Crippen LogP contribution in [0.1, 0.15) is 20.3 Å². The van der Waals surface area contributed by atoms with E-state index in [0.29, 0.717) is 19.0 Å². The molecule has 1 amide bonds. The van der Waals surface area contributed by atoms with Gasteiger partial charge in [0.2, 0.25) is 5.91 Å².